The van der Waals surface area contributed by atoms with Gasteiger partial charge in [0.2, 0.25) is 5.95 Å². The molecule has 152 valence electrons. The highest BCUT2D eigenvalue weighted by atomic mass is 19.1. The van der Waals surface area contributed by atoms with Crippen molar-refractivity contribution in [2.75, 3.05) is 12.4 Å². The first-order valence-corrected chi connectivity index (χ1v) is 9.36. The third-order valence-corrected chi connectivity index (χ3v) is 4.72. The molecule has 0 fully saturated rings. The summed E-state index contributed by atoms with van der Waals surface area (Å²) in [5, 5.41) is 8.29. The summed E-state index contributed by atoms with van der Waals surface area (Å²) in [7, 11) is 1.40. The van der Waals surface area contributed by atoms with Crippen molar-refractivity contribution in [3.05, 3.63) is 83.0 Å². The molecule has 0 aliphatic heterocycles. The molecular weight excluding hydrogens is 399 g/mol. The van der Waals surface area contributed by atoms with Crippen LogP contribution in [0.1, 0.15) is 0 Å². The first-order valence-electron chi connectivity index (χ1n) is 9.36. The van der Waals surface area contributed by atoms with Crippen molar-refractivity contribution in [2.45, 2.75) is 0 Å². The van der Waals surface area contributed by atoms with Crippen LogP contribution in [0.4, 0.5) is 16.0 Å². The third kappa shape index (κ3) is 3.31. The number of nitrogens with zero attached hydrogens (tertiary/aromatic N) is 5. The number of benzene rings is 2. The molecule has 0 atom stereocenters. The number of methoxy groups -OCH3 is 1. The molecule has 31 heavy (non-hydrogen) atoms. The van der Waals surface area contributed by atoms with E-state index in [1.54, 1.807) is 24.3 Å². The average Bonchev–Trinajstić information content (AvgIpc) is 3.14. The molecule has 0 aliphatic rings. The maximum atomic E-state index is 14.2. The smallest absolute Gasteiger partial charge is 0.293 e. The highest BCUT2D eigenvalue weighted by Gasteiger charge is 2.16. The fraction of sp³-hybridized carbons (Fsp3) is 0.0455. The lowest BCUT2D eigenvalue weighted by molar-refractivity contribution is 0.386. The normalized spacial score (nSPS) is 11.0. The summed E-state index contributed by atoms with van der Waals surface area (Å²) < 4.78 is 20.7. The second kappa shape index (κ2) is 7.45. The van der Waals surface area contributed by atoms with Gasteiger partial charge in [-0.15, -0.1) is 5.10 Å². The summed E-state index contributed by atoms with van der Waals surface area (Å²) >= 11 is 0. The van der Waals surface area contributed by atoms with Crippen LogP contribution in [0.3, 0.4) is 0 Å². The van der Waals surface area contributed by atoms with Crippen molar-refractivity contribution in [1.29, 1.82) is 0 Å². The van der Waals surface area contributed by atoms with Crippen LogP contribution < -0.4 is 15.6 Å². The van der Waals surface area contributed by atoms with Gasteiger partial charge in [0, 0.05) is 17.1 Å². The molecule has 1 N–H and O–H groups in total. The number of hydrogen-bond donors (Lipinski definition) is 1. The summed E-state index contributed by atoms with van der Waals surface area (Å²) in [6, 6.07) is 16.9. The van der Waals surface area contributed by atoms with E-state index in [0.29, 0.717) is 22.6 Å². The first kappa shape index (κ1) is 18.6. The van der Waals surface area contributed by atoms with Crippen molar-refractivity contribution < 1.29 is 9.13 Å². The molecule has 0 bridgehead atoms. The molecular formula is C22H15FN6O2. The van der Waals surface area contributed by atoms with Gasteiger partial charge in [0.1, 0.15) is 5.69 Å². The van der Waals surface area contributed by atoms with Crippen LogP contribution in [0.25, 0.3) is 27.9 Å². The topological polar surface area (TPSA) is 94.3 Å². The lowest BCUT2D eigenvalue weighted by Gasteiger charge is -2.07. The van der Waals surface area contributed by atoms with Gasteiger partial charge < -0.3 is 10.1 Å². The van der Waals surface area contributed by atoms with Gasteiger partial charge in [-0.05, 0) is 42.5 Å². The Labute approximate surface area is 175 Å². The number of anilines is 2. The molecule has 0 saturated heterocycles. The van der Waals surface area contributed by atoms with Crippen molar-refractivity contribution in [3.63, 3.8) is 0 Å². The minimum absolute atomic E-state index is 0.134. The van der Waals surface area contributed by atoms with Crippen LogP contribution in [0.5, 0.6) is 5.75 Å². The SMILES string of the molecule is COc1ccc(-c2nc3c4ccccc4nc(Nc4ccccnc4=O)n3n2)cc1F. The van der Waals surface area contributed by atoms with Crippen molar-refractivity contribution in [1.82, 2.24) is 24.6 Å². The number of ether oxygens (including phenoxy) is 1. The Morgan fingerprint density at radius 1 is 1.03 bits per heavy atom. The summed E-state index contributed by atoms with van der Waals surface area (Å²) in [5.41, 5.74) is 1.46. The molecule has 0 saturated carbocycles. The van der Waals surface area contributed by atoms with Crippen LogP contribution >= 0.6 is 0 Å². The van der Waals surface area contributed by atoms with Gasteiger partial charge in [-0.3, -0.25) is 4.79 Å². The fourth-order valence-corrected chi connectivity index (χ4v) is 3.23. The predicted octanol–water partition coefficient (Wildman–Crippen LogP) is 3.59. The van der Waals surface area contributed by atoms with Crippen molar-refractivity contribution >= 4 is 28.2 Å². The molecule has 0 radical (unpaired) electrons. The maximum absolute atomic E-state index is 14.2. The highest BCUT2D eigenvalue weighted by Crippen LogP contribution is 2.27. The average molecular weight is 414 g/mol. The molecule has 0 amide bonds. The molecule has 0 spiro atoms. The van der Waals surface area contributed by atoms with E-state index in [4.69, 9.17) is 4.74 Å². The number of halogens is 1. The Balaban J connectivity index is 1.73. The van der Waals surface area contributed by atoms with Gasteiger partial charge in [0.15, 0.2) is 23.0 Å². The van der Waals surface area contributed by atoms with Crippen LogP contribution in [-0.4, -0.2) is 31.7 Å². The zero-order valence-corrected chi connectivity index (χ0v) is 16.3. The fourth-order valence-electron chi connectivity index (χ4n) is 3.23. The lowest BCUT2D eigenvalue weighted by Crippen LogP contribution is -2.11. The largest absolute Gasteiger partial charge is 0.494 e. The van der Waals surface area contributed by atoms with Crippen LogP contribution in [0, 0.1) is 5.82 Å². The molecule has 9 heteroatoms. The second-order valence-corrected chi connectivity index (χ2v) is 6.65. The van der Waals surface area contributed by atoms with E-state index in [0.717, 1.165) is 5.39 Å². The van der Waals surface area contributed by atoms with Crippen LogP contribution in [0.2, 0.25) is 0 Å². The van der Waals surface area contributed by atoms with Gasteiger partial charge in [-0.1, -0.05) is 18.2 Å². The standard InChI is InChI=1S/C22H15FN6O2/c1-31-18-10-9-13(12-15(18)23)19-27-20-14-6-2-3-7-16(14)25-22(29(20)28-19)26-17-8-4-5-11-24-21(17)30/h2-12H,1H3,(H,24,25,26,30). The van der Waals surface area contributed by atoms with Gasteiger partial charge in [0.25, 0.3) is 5.56 Å². The van der Waals surface area contributed by atoms with Gasteiger partial charge >= 0.3 is 0 Å². The second-order valence-electron chi connectivity index (χ2n) is 6.65. The Bertz CT molecular complexity index is 1500. The van der Waals surface area contributed by atoms with Gasteiger partial charge in [-0.25, -0.2) is 19.3 Å². The van der Waals surface area contributed by atoms with E-state index in [2.05, 4.69) is 25.4 Å². The molecule has 3 heterocycles. The van der Waals surface area contributed by atoms with E-state index in [-0.39, 0.29) is 17.4 Å². The number of aromatic nitrogens is 5. The van der Waals surface area contributed by atoms with E-state index in [1.165, 1.54) is 30.0 Å². The number of nitrogens with one attached hydrogen (secondary N) is 1. The molecule has 3 aromatic heterocycles. The third-order valence-electron chi connectivity index (χ3n) is 4.72. The van der Waals surface area contributed by atoms with Crippen LogP contribution in [0.15, 0.2) is 71.7 Å². The van der Waals surface area contributed by atoms with E-state index in [9.17, 15) is 9.18 Å². The highest BCUT2D eigenvalue weighted by molar-refractivity contribution is 5.93. The molecule has 2 aromatic carbocycles. The Kier molecular flexibility index (Phi) is 4.47. The maximum Gasteiger partial charge on any atom is 0.293 e. The summed E-state index contributed by atoms with van der Waals surface area (Å²) in [4.78, 5) is 25.3. The van der Waals surface area contributed by atoms with Crippen LogP contribution in [-0.2, 0) is 0 Å². The quantitative estimate of drug-likeness (QED) is 0.480. The number of para-hydroxylation sites is 1. The zero-order valence-electron chi connectivity index (χ0n) is 16.3. The summed E-state index contributed by atoms with van der Waals surface area (Å²) in [6.07, 6.45) is 1.42. The minimum Gasteiger partial charge on any atom is -0.494 e. The lowest BCUT2D eigenvalue weighted by atomic mass is 10.2. The molecule has 0 aliphatic carbocycles. The summed E-state index contributed by atoms with van der Waals surface area (Å²) in [5.74, 6) is 0.210. The van der Waals surface area contributed by atoms with Gasteiger partial charge in [0.05, 0.1) is 12.6 Å². The van der Waals surface area contributed by atoms with E-state index in [1.807, 2.05) is 24.3 Å². The molecule has 5 aromatic rings. The Morgan fingerprint density at radius 2 is 1.87 bits per heavy atom. The molecule has 8 nitrogen and oxygen atoms in total. The van der Waals surface area contributed by atoms with Crippen molar-refractivity contribution in [3.8, 4) is 17.1 Å². The molecule has 5 rings (SSSR count). The summed E-state index contributed by atoms with van der Waals surface area (Å²) in [6.45, 7) is 0. The first-order chi connectivity index (χ1) is 15.1. The predicted molar refractivity (Wildman–Crippen MR) is 114 cm³/mol. The zero-order chi connectivity index (χ0) is 21.4. The monoisotopic (exact) mass is 414 g/mol. The van der Waals surface area contributed by atoms with Gasteiger partial charge in [-0.2, -0.15) is 4.52 Å². The van der Waals surface area contributed by atoms with Crippen molar-refractivity contribution in [2.24, 2.45) is 0 Å². The number of rotatable bonds is 4. The Hall–Kier alpha value is -4.40. The molecule has 0 unspecified atom stereocenters. The minimum atomic E-state index is -0.515. The van der Waals surface area contributed by atoms with E-state index >= 15 is 0 Å². The Morgan fingerprint density at radius 3 is 2.71 bits per heavy atom. The number of fused-ring (bicyclic) bond motifs is 3. The van der Waals surface area contributed by atoms with E-state index < -0.39 is 11.4 Å². The number of hydrogen-bond acceptors (Lipinski definition) is 7.